The van der Waals surface area contributed by atoms with Crippen LogP contribution in [0.3, 0.4) is 0 Å². The number of nitrogens with zero attached hydrogens (tertiary/aromatic N) is 3. The maximum atomic E-state index is 13.8. The first-order valence-corrected chi connectivity index (χ1v) is 11.0. The molecule has 4 rings (SSSR count). The Kier molecular flexibility index (Phi) is 4.96. The topological polar surface area (TPSA) is 76.4 Å². The van der Waals surface area contributed by atoms with Crippen molar-refractivity contribution in [1.82, 2.24) is 19.3 Å². The predicted molar refractivity (Wildman–Crippen MR) is 106 cm³/mol. The molecule has 4 aromatic rings. The highest BCUT2D eigenvalue weighted by atomic mass is 32.2. The molecule has 2 heterocycles. The standard InChI is InChI=1S/C19H17FN4O2S2/c1-13-6-2-3-7-15(13)18-22-19-24(23-18)14(12-27-19)10-11-21-28(25,26)17-9-5-4-8-16(17)20/h2-9,12,21H,10-11H2,1H3. The van der Waals surface area contributed by atoms with E-state index in [-0.39, 0.29) is 11.4 Å². The Balaban J connectivity index is 1.52. The van der Waals surface area contributed by atoms with Crippen molar-refractivity contribution < 1.29 is 12.8 Å². The van der Waals surface area contributed by atoms with Crippen molar-refractivity contribution >= 4 is 26.3 Å². The first-order valence-electron chi connectivity index (χ1n) is 8.59. The van der Waals surface area contributed by atoms with Crippen LogP contribution in [0.2, 0.25) is 0 Å². The lowest BCUT2D eigenvalue weighted by Gasteiger charge is -2.07. The minimum absolute atomic E-state index is 0.127. The van der Waals surface area contributed by atoms with E-state index in [0.717, 1.165) is 27.8 Å². The van der Waals surface area contributed by atoms with Gasteiger partial charge in [0, 0.05) is 23.9 Å². The molecule has 0 saturated heterocycles. The molecule has 0 amide bonds. The third kappa shape index (κ3) is 3.56. The Hall–Kier alpha value is -2.62. The first kappa shape index (κ1) is 18.7. The van der Waals surface area contributed by atoms with Crippen molar-refractivity contribution in [3.63, 3.8) is 0 Å². The molecule has 0 saturated carbocycles. The van der Waals surface area contributed by atoms with Crippen LogP contribution < -0.4 is 4.72 Å². The summed E-state index contributed by atoms with van der Waals surface area (Å²) in [6, 6.07) is 13.2. The second kappa shape index (κ2) is 7.42. The van der Waals surface area contributed by atoms with E-state index >= 15 is 0 Å². The number of aromatic nitrogens is 3. The monoisotopic (exact) mass is 416 g/mol. The zero-order chi connectivity index (χ0) is 19.7. The summed E-state index contributed by atoms with van der Waals surface area (Å²) < 4.78 is 42.5. The molecular weight excluding hydrogens is 399 g/mol. The van der Waals surface area contributed by atoms with Gasteiger partial charge in [0.2, 0.25) is 15.0 Å². The molecule has 0 spiro atoms. The summed E-state index contributed by atoms with van der Waals surface area (Å²) in [5.41, 5.74) is 2.88. The molecule has 0 aliphatic heterocycles. The van der Waals surface area contributed by atoms with E-state index < -0.39 is 15.8 Å². The molecule has 144 valence electrons. The van der Waals surface area contributed by atoms with Crippen LogP contribution in [0, 0.1) is 12.7 Å². The Bertz CT molecular complexity index is 1250. The average molecular weight is 417 g/mol. The van der Waals surface area contributed by atoms with E-state index in [1.165, 1.54) is 29.5 Å². The Morgan fingerprint density at radius 1 is 1.14 bits per heavy atom. The second-order valence-corrected chi connectivity index (χ2v) is 8.82. The van der Waals surface area contributed by atoms with Crippen LogP contribution in [0.5, 0.6) is 0 Å². The van der Waals surface area contributed by atoms with Gasteiger partial charge in [0.05, 0.1) is 5.69 Å². The second-order valence-electron chi connectivity index (χ2n) is 6.25. The lowest BCUT2D eigenvalue weighted by Crippen LogP contribution is -2.27. The average Bonchev–Trinajstić information content (AvgIpc) is 3.24. The quantitative estimate of drug-likeness (QED) is 0.523. The van der Waals surface area contributed by atoms with Gasteiger partial charge < -0.3 is 0 Å². The molecule has 2 aromatic carbocycles. The fourth-order valence-electron chi connectivity index (χ4n) is 2.89. The van der Waals surface area contributed by atoms with Gasteiger partial charge in [-0.15, -0.1) is 16.4 Å². The van der Waals surface area contributed by atoms with Crippen molar-refractivity contribution in [2.45, 2.75) is 18.2 Å². The summed E-state index contributed by atoms with van der Waals surface area (Å²) in [5.74, 6) is -0.134. The number of halogens is 1. The summed E-state index contributed by atoms with van der Waals surface area (Å²) in [4.78, 5) is 4.95. The van der Waals surface area contributed by atoms with Gasteiger partial charge in [-0.05, 0) is 24.6 Å². The van der Waals surface area contributed by atoms with Crippen LogP contribution in [0.4, 0.5) is 4.39 Å². The third-order valence-corrected chi connectivity index (χ3v) is 6.69. The minimum atomic E-state index is -3.91. The number of nitrogens with one attached hydrogen (secondary N) is 1. The van der Waals surface area contributed by atoms with Crippen LogP contribution in [0.15, 0.2) is 58.8 Å². The fourth-order valence-corrected chi connectivity index (χ4v) is 4.85. The number of fused-ring (bicyclic) bond motifs is 1. The van der Waals surface area contributed by atoms with E-state index in [2.05, 4.69) is 14.8 Å². The molecule has 0 unspecified atom stereocenters. The molecule has 28 heavy (non-hydrogen) atoms. The summed E-state index contributed by atoms with van der Waals surface area (Å²) in [6.07, 6.45) is 0.407. The highest BCUT2D eigenvalue weighted by molar-refractivity contribution is 7.89. The molecule has 0 radical (unpaired) electrons. The van der Waals surface area contributed by atoms with Gasteiger partial charge in [-0.3, -0.25) is 0 Å². The first-order chi connectivity index (χ1) is 13.5. The van der Waals surface area contributed by atoms with Gasteiger partial charge in [-0.2, -0.15) is 4.98 Å². The number of rotatable bonds is 6. The largest absolute Gasteiger partial charge is 0.243 e. The Morgan fingerprint density at radius 3 is 2.68 bits per heavy atom. The predicted octanol–water partition coefficient (Wildman–Crippen LogP) is 3.43. The van der Waals surface area contributed by atoms with Crippen molar-refractivity contribution in [1.29, 1.82) is 0 Å². The normalized spacial score (nSPS) is 11.9. The van der Waals surface area contributed by atoms with E-state index in [1.54, 1.807) is 4.52 Å². The van der Waals surface area contributed by atoms with Gasteiger partial charge in [0.25, 0.3) is 0 Å². The van der Waals surface area contributed by atoms with Crippen molar-refractivity contribution in [3.05, 3.63) is 71.0 Å². The smallest absolute Gasteiger partial charge is 0.211 e. The number of hydrogen-bond acceptors (Lipinski definition) is 5. The molecule has 0 atom stereocenters. The zero-order valence-electron chi connectivity index (χ0n) is 15.0. The number of aryl methyl sites for hydroxylation is 1. The van der Waals surface area contributed by atoms with Gasteiger partial charge in [0.15, 0.2) is 5.82 Å². The maximum absolute atomic E-state index is 13.8. The van der Waals surface area contributed by atoms with Crippen molar-refractivity contribution in [3.8, 4) is 11.4 Å². The van der Waals surface area contributed by atoms with E-state index in [4.69, 9.17) is 0 Å². The molecule has 1 N–H and O–H groups in total. The lowest BCUT2D eigenvalue weighted by molar-refractivity contribution is 0.556. The summed E-state index contributed by atoms with van der Waals surface area (Å²) in [6.45, 7) is 2.13. The van der Waals surface area contributed by atoms with Crippen molar-refractivity contribution in [2.24, 2.45) is 0 Å². The molecule has 9 heteroatoms. The van der Waals surface area contributed by atoms with Gasteiger partial charge >= 0.3 is 0 Å². The fraction of sp³-hybridized carbons (Fsp3) is 0.158. The van der Waals surface area contributed by atoms with Crippen LogP contribution >= 0.6 is 11.3 Å². The van der Waals surface area contributed by atoms with E-state index in [0.29, 0.717) is 12.2 Å². The summed E-state index contributed by atoms with van der Waals surface area (Å²) >= 11 is 1.44. The number of benzene rings is 2. The molecule has 0 aliphatic carbocycles. The maximum Gasteiger partial charge on any atom is 0.243 e. The SMILES string of the molecule is Cc1ccccc1-c1nc2scc(CCNS(=O)(=O)c3ccccc3F)n2n1. The lowest BCUT2D eigenvalue weighted by atomic mass is 10.1. The highest BCUT2D eigenvalue weighted by Crippen LogP contribution is 2.23. The third-order valence-electron chi connectivity index (χ3n) is 4.34. The number of sulfonamides is 1. The van der Waals surface area contributed by atoms with Gasteiger partial charge in [0.1, 0.15) is 10.7 Å². The van der Waals surface area contributed by atoms with Gasteiger partial charge in [-0.25, -0.2) is 22.0 Å². The Labute approximate surface area is 165 Å². The number of hydrogen-bond donors (Lipinski definition) is 1. The molecule has 2 aromatic heterocycles. The Morgan fingerprint density at radius 2 is 1.89 bits per heavy atom. The molecular formula is C19H17FN4O2S2. The van der Waals surface area contributed by atoms with E-state index in [1.807, 2.05) is 36.6 Å². The number of thiazole rings is 1. The minimum Gasteiger partial charge on any atom is -0.211 e. The zero-order valence-corrected chi connectivity index (χ0v) is 16.6. The van der Waals surface area contributed by atoms with Crippen molar-refractivity contribution in [2.75, 3.05) is 6.54 Å². The van der Waals surface area contributed by atoms with Gasteiger partial charge in [-0.1, -0.05) is 36.4 Å². The van der Waals surface area contributed by atoms with E-state index in [9.17, 15) is 12.8 Å². The van der Waals surface area contributed by atoms with Crippen LogP contribution in [0.25, 0.3) is 16.3 Å². The summed E-state index contributed by atoms with van der Waals surface area (Å²) in [7, 11) is -3.91. The highest BCUT2D eigenvalue weighted by Gasteiger charge is 2.18. The van der Waals surface area contributed by atoms with Crippen LogP contribution in [-0.2, 0) is 16.4 Å². The molecule has 0 bridgehead atoms. The summed E-state index contributed by atoms with van der Waals surface area (Å²) in [5, 5.41) is 6.47. The molecule has 6 nitrogen and oxygen atoms in total. The molecule has 0 aliphatic rings. The van der Waals surface area contributed by atoms with Crippen LogP contribution in [0.1, 0.15) is 11.3 Å². The van der Waals surface area contributed by atoms with Crippen LogP contribution in [-0.4, -0.2) is 29.6 Å². The molecule has 0 fully saturated rings.